The molecular weight excluding hydrogens is 422 g/mol. The van der Waals surface area contributed by atoms with Crippen LogP contribution >= 0.6 is 11.3 Å². The zero-order chi connectivity index (χ0) is 22.7. The number of carbonyl (C=O) groups is 2. The molecule has 1 aromatic heterocycles. The van der Waals surface area contributed by atoms with Crippen LogP contribution in [0.5, 0.6) is 5.75 Å². The standard InChI is InChI=1S/C25H23N3O3S/c1-16-9-11-18(12-10-16)15-28(17(2)29)20-13-14-21(31-3)22-23(20)32-25(26-22)27-24(30)19-7-5-4-6-8-19/h4-14H,15H2,1-3H3,(H,26,27,30). The number of benzene rings is 3. The molecule has 7 heteroatoms. The summed E-state index contributed by atoms with van der Waals surface area (Å²) < 4.78 is 6.26. The van der Waals surface area contributed by atoms with Crippen LogP contribution in [0.25, 0.3) is 10.2 Å². The average Bonchev–Trinajstić information content (AvgIpc) is 3.22. The number of aromatic nitrogens is 1. The van der Waals surface area contributed by atoms with Crippen molar-refractivity contribution < 1.29 is 14.3 Å². The number of thiazole rings is 1. The van der Waals surface area contributed by atoms with Crippen LogP contribution < -0.4 is 15.0 Å². The molecule has 0 unspecified atom stereocenters. The largest absolute Gasteiger partial charge is 0.494 e. The lowest BCUT2D eigenvalue weighted by molar-refractivity contribution is -0.116. The van der Waals surface area contributed by atoms with Gasteiger partial charge in [0.15, 0.2) is 5.13 Å². The highest BCUT2D eigenvalue weighted by Gasteiger charge is 2.21. The highest BCUT2D eigenvalue weighted by molar-refractivity contribution is 7.23. The molecule has 0 aliphatic rings. The van der Waals surface area contributed by atoms with Crippen molar-refractivity contribution in [2.75, 3.05) is 17.3 Å². The molecule has 32 heavy (non-hydrogen) atoms. The van der Waals surface area contributed by atoms with Crippen LogP contribution in [0.2, 0.25) is 0 Å². The molecule has 1 N–H and O–H groups in total. The van der Waals surface area contributed by atoms with E-state index in [2.05, 4.69) is 10.3 Å². The third-order valence-electron chi connectivity index (χ3n) is 5.09. The first kappa shape index (κ1) is 21.5. The molecule has 0 spiro atoms. The van der Waals surface area contributed by atoms with Crippen molar-refractivity contribution in [1.29, 1.82) is 0 Å². The minimum atomic E-state index is -0.242. The van der Waals surface area contributed by atoms with Gasteiger partial charge in [-0.15, -0.1) is 0 Å². The molecule has 0 atom stereocenters. The second kappa shape index (κ2) is 9.20. The molecule has 0 radical (unpaired) electrons. The van der Waals surface area contributed by atoms with E-state index in [0.29, 0.717) is 28.5 Å². The van der Waals surface area contributed by atoms with Crippen molar-refractivity contribution in [3.8, 4) is 5.75 Å². The Kier molecular flexibility index (Phi) is 6.18. The molecule has 2 amide bonds. The van der Waals surface area contributed by atoms with Gasteiger partial charge in [-0.05, 0) is 36.8 Å². The SMILES string of the molecule is COc1ccc(N(Cc2ccc(C)cc2)C(C)=O)c2sc(NC(=O)c3ccccc3)nc12. The van der Waals surface area contributed by atoms with Crippen molar-refractivity contribution in [1.82, 2.24) is 4.98 Å². The first-order valence-electron chi connectivity index (χ1n) is 10.1. The lowest BCUT2D eigenvalue weighted by Gasteiger charge is -2.22. The second-order valence-corrected chi connectivity index (χ2v) is 8.39. The Hall–Kier alpha value is -3.71. The van der Waals surface area contributed by atoms with Crippen LogP contribution in [0.15, 0.2) is 66.7 Å². The number of nitrogens with zero attached hydrogens (tertiary/aromatic N) is 2. The third-order valence-corrected chi connectivity index (χ3v) is 6.09. The van der Waals surface area contributed by atoms with Gasteiger partial charge < -0.3 is 9.64 Å². The van der Waals surface area contributed by atoms with Crippen LogP contribution in [-0.4, -0.2) is 23.9 Å². The van der Waals surface area contributed by atoms with Gasteiger partial charge in [0.25, 0.3) is 5.91 Å². The van der Waals surface area contributed by atoms with E-state index in [9.17, 15) is 9.59 Å². The van der Waals surface area contributed by atoms with Gasteiger partial charge in [0, 0.05) is 12.5 Å². The monoisotopic (exact) mass is 445 g/mol. The first-order chi connectivity index (χ1) is 15.5. The fourth-order valence-corrected chi connectivity index (χ4v) is 4.40. The predicted octanol–water partition coefficient (Wildman–Crippen LogP) is 5.42. The van der Waals surface area contributed by atoms with E-state index < -0.39 is 0 Å². The number of amides is 2. The Morgan fingerprint density at radius 1 is 1.03 bits per heavy atom. The predicted molar refractivity (Wildman–Crippen MR) is 129 cm³/mol. The van der Waals surface area contributed by atoms with Crippen molar-refractivity contribution in [2.24, 2.45) is 0 Å². The summed E-state index contributed by atoms with van der Waals surface area (Å²) in [5.41, 5.74) is 4.07. The molecule has 0 fully saturated rings. The van der Waals surface area contributed by atoms with E-state index >= 15 is 0 Å². The van der Waals surface area contributed by atoms with Gasteiger partial charge in [-0.1, -0.05) is 59.4 Å². The van der Waals surface area contributed by atoms with Gasteiger partial charge in [0.05, 0.1) is 24.0 Å². The quantitative estimate of drug-likeness (QED) is 0.430. The summed E-state index contributed by atoms with van der Waals surface area (Å²) in [6.45, 7) is 4.01. The Morgan fingerprint density at radius 3 is 2.41 bits per heavy atom. The smallest absolute Gasteiger partial charge is 0.257 e. The Balaban J connectivity index is 1.72. The zero-order valence-electron chi connectivity index (χ0n) is 18.1. The van der Waals surface area contributed by atoms with E-state index in [1.54, 1.807) is 37.1 Å². The highest BCUT2D eigenvalue weighted by Crippen LogP contribution is 2.40. The zero-order valence-corrected chi connectivity index (χ0v) is 18.9. The van der Waals surface area contributed by atoms with E-state index in [4.69, 9.17) is 4.74 Å². The summed E-state index contributed by atoms with van der Waals surface area (Å²) in [5, 5.41) is 3.30. The summed E-state index contributed by atoms with van der Waals surface area (Å²) in [6.07, 6.45) is 0. The molecule has 4 rings (SSSR count). The van der Waals surface area contributed by atoms with Crippen molar-refractivity contribution in [3.05, 3.63) is 83.4 Å². The summed E-state index contributed by atoms with van der Waals surface area (Å²) in [7, 11) is 1.57. The lowest BCUT2D eigenvalue weighted by Crippen LogP contribution is -2.27. The number of carbonyl (C=O) groups excluding carboxylic acids is 2. The maximum atomic E-state index is 12.6. The molecule has 0 bridgehead atoms. The van der Waals surface area contributed by atoms with Crippen LogP contribution in [0.1, 0.15) is 28.4 Å². The number of aryl methyl sites for hydroxylation is 1. The summed E-state index contributed by atoms with van der Waals surface area (Å²) in [4.78, 5) is 31.5. The number of rotatable bonds is 6. The van der Waals surface area contributed by atoms with E-state index in [-0.39, 0.29) is 11.8 Å². The minimum Gasteiger partial charge on any atom is -0.494 e. The number of nitrogens with one attached hydrogen (secondary N) is 1. The first-order valence-corrected chi connectivity index (χ1v) is 11.0. The number of hydrogen-bond acceptors (Lipinski definition) is 5. The second-order valence-electron chi connectivity index (χ2n) is 7.39. The lowest BCUT2D eigenvalue weighted by atomic mass is 10.1. The summed E-state index contributed by atoms with van der Waals surface area (Å²) in [6, 6.07) is 20.7. The van der Waals surface area contributed by atoms with Crippen molar-refractivity contribution >= 4 is 44.2 Å². The number of fused-ring (bicyclic) bond motifs is 1. The topological polar surface area (TPSA) is 71.5 Å². The van der Waals surface area contributed by atoms with Crippen molar-refractivity contribution in [2.45, 2.75) is 20.4 Å². The van der Waals surface area contributed by atoms with Crippen LogP contribution in [0.4, 0.5) is 10.8 Å². The van der Waals surface area contributed by atoms with Crippen LogP contribution in [0, 0.1) is 6.92 Å². The van der Waals surface area contributed by atoms with Crippen LogP contribution in [-0.2, 0) is 11.3 Å². The van der Waals surface area contributed by atoms with Crippen molar-refractivity contribution in [3.63, 3.8) is 0 Å². The maximum absolute atomic E-state index is 12.6. The van der Waals surface area contributed by atoms with Gasteiger partial charge in [-0.25, -0.2) is 4.98 Å². The molecule has 0 saturated carbocycles. The Labute approximate surface area is 190 Å². The minimum absolute atomic E-state index is 0.0830. The summed E-state index contributed by atoms with van der Waals surface area (Å²) >= 11 is 1.32. The van der Waals surface area contributed by atoms with E-state index in [1.165, 1.54) is 11.3 Å². The molecule has 6 nitrogen and oxygen atoms in total. The number of anilines is 2. The molecule has 0 aliphatic heterocycles. The van der Waals surface area contributed by atoms with E-state index in [0.717, 1.165) is 21.5 Å². The van der Waals surface area contributed by atoms with Gasteiger partial charge in [-0.2, -0.15) is 0 Å². The van der Waals surface area contributed by atoms with Gasteiger partial charge in [0.2, 0.25) is 5.91 Å². The summed E-state index contributed by atoms with van der Waals surface area (Å²) in [5.74, 6) is 0.257. The van der Waals surface area contributed by atoms with Gasteiger partial charge in [0.1, 0.15) is 11.3 Å². The van der Waals surface area contributed by atoms with Crippen LogP contribution in [0.3, 0.4) is 0 Å². The highest BCUT2D eigenvalue weighted by atomic mass is 32.1. The van der Waals surface area contributed by atoms with E-state index in [1.807, 2.05) is 55.5 Å². The molecule has 0 saturated heterocycles. The maximum Gasteiger partial charge on any atom is 0.257 e. The molecule has 4 aromatic rings. The Bertz CT molecular complexity index is 1270. The Morgan fingerprint density at radius 2 is 1.75 bits per heavy atom. The number of hydrogen-bond donors (Lipinski definition) is 1. The molecule has 0 aliphatic carbocycles. The fraction of sp³-hybridized carbons (Fsp3) is 0.160. The third kappa shape index (κ3) is 4.48. The van der Waals surface area contributed by atoms with Gasteiger partial charge in [-0.3, -0.25) is 14.9 Å². The van der Waals surface area contributed by atoms with Gasteiger partial charge >= 0.3 is 0 Å². The molecular formula is C25H23N3O3S. The molecule has 162 valence electrons. The number of methoxy groups -OCH3 is 1. The number of ether oxygens (including phenoxy) is 1. The molecule has 1 heterocycles. The average molecular weight is 446 g/mol. The molecule has 3 aromatic carbocycles. The fourth-order valence-electron chi connectivity index (χ4n) is 3.40. The normalized spacial score (nSPS) is 10.7.